The van der Waals surface area contributed by atoms with Crippen LogP contribution in [-0.2, 0) is 17.7 Å². The van der Waals surface area contributed by atoms with Crippen LogP contribution in [0.2, 0.25) is 0 Å². The van der Waals surface area contributed by atoms with Gasteiger partial charge in [-0.2, -0.15) is 5.26 Å². The number of likely N-dealkylation sites (N-methyl/N-ethyl adjacent to an activating group) is 1. The quantitative estimate of drug-likeness (QED) is 0.598. The van der Waals surface area contributed by atoms with E-state index >= 15 is 0 Å². The number of hydrogen-bond acceptors (Lipinski definition) is 6. The Labute approximate surface area is 169 Å². The molecule has 3 aromatic rings. The zero-order valence-corrected chi connectivity index (χ0v) is 16.8. The van der Waals surface area contributed by atoms with E-state index in [1.54, 1.807) is 11.7 Å². The van der Waals surface area contributed by atoms with Gasteiger partial charge in [0, 0.05) is 33.2 Å². The molecule has 152 valence electrons. The summed E-state index contributed by atoms with van der Waals surface area (Å²) in [6, 6.07) is 15.2. The molecule has 7 nitrogen and oxygen atoms in total. The molecule has 29 heavy (non-hydrogen) atoms. The highest BCUT2D eigenvalue weighted by atomic mass is 16.5. The number of benzene rings is 2. The lowest BCUT2D eigenvalue weighted by Crippen LogP contribution is -2.29. The fourth-order valence-corrected chi connectivity index (χ4v) is 3.22. The van der Waals surface area contributed by atoms with Gasteiger partial charge in [-0.15, -0.1) is 0 Å². The normalized spacial score (nSPS) is 12.4. The number of nitrogens with two attached hydrogens (primary N) is 1. The van der Waals surface area contributed by atoms with Gasteiger partial charge in [0.1, 0.15) is 0 Å². The summed E-state index contributed by atoms with van der Waals surface area (Å²) in [7, 11) is 3.67. The average Bonchev–Trinajstić information content (AvgIpc) is 3.05. The van der Waals surface area contributed by atoms with Crippen molar-refractivity contribution in [2.45, 2.75) is 19.0 Å². The van der Waals surface area contributed by atoms with E-state index < -0.39 is 6.04 Å². The van der Waals surface area contributed by atoms with E-state index in [-0.39, 0.29) is 5.76 Å². The van der Waals surface area contributed by atoms with Crippen LogP contribution in [0.3, 0.4) is 0 Å². The molecular formula is C22H26N4O3. The van der Waals surface area contributed by atoms with Crippen LogP contribution in [0.1, 0.15) is 5.56 Å². The van der Waals surface area contributed by atoms with Crippen molar-refractivity contribution >= 4 is 11.1 Å². The molecule has 0 fully saturated rings. The molecule has 1 atom stereocenters. The van der Waals surface area contributed by atoms with Gasteiger partial charge in [-0.3, -0.25) is 4.57 Å². The molecule has 0 aliphatic heterocycles. The Morgan fingerprint density at radius 3 is 2.62 bits per heavy atom. The number of fused-ring (bicyclic) bond motifs is 1. The third kappa shape index (κ3) is 5.12. The van der Waals surface area contributed by atoms with Gasteiger partial charge in [0.25, 0.3) is 0 Å². The summed E-state index contributed by atoms with van der Waals surface area (Å²) in [5, 5.41) is 8.86. The second kappa shape index (κ2) is 9.52. The van der Waals surface area contributed by atoms with Crippen LogP contribution in [0.25, 0.3) is 22.2 Å². The molecule has 0 radical (unpaired) electrons. The lowest BCUT2D eigenvalue weighted by molar-refractivity contribution is 0.159. The highest BCUT2D eigenvalue weighted by Crippen LogP contribution is 2.25. The van der Waals surface area contributed by atoms with Crippen LogP contribution in [0.5, 0.6) is 0 Å². The van der Waals surface area contributed by atoms with E-state index in [1.807, 2.05) is 55.6 Å². The van der Waals surface area contributed by atoms with Crippen molar-refractivity contribution < 1.29 is 9.15 Å². The molecular weight excluding hydrogens is 368 g/mol. The van der Waals surface area contributed by atoms with Crippen LogP contribution >= 0.6 is 0 Å². The minimum Gasteiger partial charge on any atom is -0.408 e. The smallest absolute Gasteiger partial charge is 0.408 e. The van der Waals surface area contributed by atoms with Crippen LogP contribution in [0.4, 0.5) is 0 Å². The van der Waals surface area contributed by atoms with E-state index in [0.717, 1.165) is 35.3 Å². The largest absolute Gasteiger partial charge is 0.419 e. The first-order valence-corrected chi connectivity index (χ1v) is 9.57. The molecule has 0 saturated heterocycles. The Kier molecular flexibility index (Phi) is 6.83. The maximum Gasteiger partial charge on any atom is 0.419 e. The molecule has 2 N–H and O–H groups in total. The predicted molar refractivity (Wildman–Crippen MR) is 113 cm³/mol. The van der Waals surface area contributed by atoms with Crippen molar-refractivity contribution in [3.05, 3.63) is 58.6 Å². The van der Waals surface area contributed by atoms with E-state index in [4.69, 9.17) is 20.1 Å². The molecule has 0 aliphatic carbocycles. The van der Waals surface area contributed by atoms with Gasteiger partial charge in [0.15, 0.2) is 5.58 Å². The third-order valence-electron chi connectivity index (χ3n) is 4.96. The summed E-state index contributed by atoms with van der Waals surface area (Å²) in [6.45, 7) is 2.71. The molecule has 7 heteroatoms. The lowest BCUT2D eigenvalue weighted by atomic mass is 10.0. The van der Waals surface area contributed by atoms with Crippen molar-refractivity contribution in [1.82, 2.24) is 9.47 Å². The molecule has 3 rings (SSSR count). The van der Waals surface area contributed by atoms with Gasteiger partial charge >= 0.3 is 5.76 Å². The van der Waals surface area contributed by atoms with E-state index in [0.29, 0.717) is 25.2 Å². The maximum absolute atomic E-state index is 12.3. The van der Waals surface area contributed by atoms with Gasteiger partial charge in [0.2, 0.25) is 0 Å². The third-order valence-corrected chi connectivity index (χ3v) is 4.96. The van der Waals surface area contributed by atoms with Gasteiger partial charge in [0.05, 0.1) is 24.2 Å². The Bertz CT molecular complexity index is 1050. The molecule has 0 spiro atoms. The maximum atomic E-state index is 12.3. The summed E-state index contributed by atoms with van der Waals surface area (Å²) in [6.07, 6.45) is 0.522. The summed E-state index contributed by atoms with van der Waals surface area (Å²) in [5.41, 5.74) is 10.1. The highest BCUT2D eigenvalue weighted by Gasteiger charge is 2.12. The predicted octanol–water partition coefficient (Wildman–Crippen LogP) is 2.23. The average molecular weight is 394 g/mol. The number of rotatable bonds is 9. The van der Waals surface area contributed by atoms with Crippen molar-refractivity contribution in [3.8, 4) is 17.2 Å². The van der Waals surface area contributed by atoms with Crippen molar-refractivity contribution in [2.75, 3.05) is 33.9 Å². The SMILES string of the molecule is COCCN(C)CCn1c(=O)oc2ccc(-c3ccc(C[C@H](N)C#N)cc3)cc21. The first-order chi connectivity index (χ1) is 14.0. The molecule has 0 bridgehead atoms. The van der Waals surface area contributed by atoms with Gasteiger partial charge in [-0.05, 0) is 35.9 Å². The van der Waals surface area contributed by atoms with Crippen LogP contribution in [0, 0.1) is 11.3 Å². The molecule has 0 aliphatic rings. The fraction of sp³-hybridized carbons (Fsp3) is 0.364. The molecule has 1 aromatic heterocycles. The van der Waals surface area contributed by atoms with Crippen molar-refractivity contribution in [3.63, 3.8) is 0 Å². The molecule has 2 aromatic carbocycles. The Morgan fingerprint density at radius 1 is 1.21 bits per heavy atom. The number of nitrogens with zero attached hydrogens (tertiary/aromatic N) is 3. The Hall–Kier alpha value is -2.92. The first kappa shape index (κ1) is 20.8. The summed E-state index contributed by atoms with van der Waals surface area (Å²) in [5.74, 6) is -0.349. The number of ether oxygens (including phenoxy) is 1. The van der Waals surface area contributed by atoms with Crippen molar-refractivity contribution in [2.24, 2.45) is 5.73 Å². The Morgan fingerprint density at radius 2 is 1.93 bits per heavy atom. The van der Waals surface area contributed by atoms with Crippen LogP contribution < -0.4 is 11.5 Å². The minimum absolute atomic E-state index is 0.349. The summed E-state index contributed by atoms with van der Waals surface area (Å²) >= 11 is 0. The Balaban J connectivity index is 1.82. The van der Waals surface area contributed by atoms with Gasteiger partial charge in [-0.1, -0.05) is 30.3 Å². The topological polar surface area (TPSA) is 97.4 Å². The van der Waals surface area contributed by atoms with Crippen LogP contribution in [0.15, 0.2) is 51.7 Å². The fourth-order valence-electron chi connectivity index (χ4n) is 3.22. The van der Waals surface area contributed by atoms with E-state index in [9.17, 15) is 4.79 Å². The van der Waals surface area contributed by atoms with Gasteiger partial charge < -0.3 is 19.8 Å². The minimum atomic E-state index is -0.500. The number of nitriles is 1. The standard InChI is InChI=1S/C22H26N4O3/c1-25(11-12-28-2)9-10-26-20-14-18(7-8-21(20)29-22(26)27)17-5-3-16(4-6-17)13-19(24)15-23/h3-8,14,19H,9-13,24H2,1-2H3/t19-/m0/s1. The van der Waals surface area contributed by atoms with E-state index in [2.05, 4.69) is 4.90 Å². The van der Waals surface area contributed by atoms with Gasteiger partial charge in [-0.25, -0.2) is 4.79 Å². The zero-order chi connectivity index (χ0) is 20.8. The lowest BCUT2D eigenvalue weighted by Gasteiger charge is -2.15. The summed E-state index contributed by atoms with van der Waals surface area (Å²) in [4.78, 5) is 14.4. The number of methoxy groups -OCH3 is 1. The molecule has 0 saturated carbocycles. The second-order valence-electron chi connectivity index (χ2n) is 7.13. The first-order valence-electron chi connectivity index (χ1n) is 9.57. The van der Waals surface area contributed by atoms with Crippen LogP contribution in [-0.4, -0.2) is 49.4 Å². The second-order valence-corrected chi connectivity index (χ2v) is 7.13. The molecule has 1 heterocycles. The zero-order valence-electron chi connectivity index (χ0n) is 16.8. The number of hydrogen-bond donors (Lipinski definition) is 1. The van der Waals surface area contributed by atoms with E-state index in [1.165, 1.54) is 0 Å². The monoisotopic (exact) mass is 394 g/mol. The number of aromatic nitrogens is 1. The summed E-state index contributed by atoms with van der Waals surface area (Å²) < 4.78 is 12.2. The number of oxazole rings is 1. The van der Waals surface area contributed by atoms with Crippen molar-refractivity contribution in [1.29, 1.82) is 5.26 Å². The molecule has 0 unspecified atom stereocenters. The molecule has 0 amide bonds. The highest BCUT2D eigenvalue weighted by molar-refractivity contribution is 5.80.